The van der Waals surface area contributed by atoms with Crippen LogP contribution in [0.15, 0.2) is 69.6 Å². The van der Waals surface area contributed by atoms with Crippen molar-refractivity contribution >= 4 is 44.0 Å². The van der Waals surface area contributed by atoms with Gasteiger partial charge >= 0.3 is 0 Å². The quantitative estimate of drug-likeness (QED) is 0.451. The number of hydrogen-bond acceptors (Lipinski definition) is 0. The summed E-state index contributed by atoms with van der Waals surface area (Å²) < 4.78 is 2.27. The summed E-state index contributed by atoms with van der Waals surface area (Å²) in [6.45, 7) is 0. The second-order valence-electron chi connectivity index (χ2n) is 6.50. The molecule has 1 saturated carbocycles. The van der Waals surface area contributed by atoms with E-state index in [-0.39, 0.29) is 0 Å². The number of allylic oxidation sites excluding steroid dienone is 2. The average Bonchev–Trinajstić information content (AvgIpc) is 2.62. The van der Waals surface area contributed by atoms with Gasteiger partial charge in [0, 0.05) is 8.95 Å². The van der Waals surface area contributed by atoms with Crippen LogP contribution in [0.5, 0.6) is 0 Å². The Balaban J connectivity index is 1.48. The molecule has 1 aliphatic carbocycles. The van der Waals surface area contributed by atoms with Gasteiger partial charge in [-0.05, 0) is 72.9 Å². The molecule has 3 rings (SSSR count). The summed E-state index contributed by atoms with van der Waals surface area (Å²) >= 11 is 6.96. The Morgan fingerprint density at radius 1 is 0.583 bits per heavy atom. The van der Waals surface area contributed by atoms with Crippen molar-refractivity contribution in [1.29, 1.82) is 0 Å². The van der Waals surface area contributed by atoms with E-state index >= 15 is 0 Å². The lowest BCUT2D eigenvalue weighted by Crippen LogP contribution is -2.11. The summed E-state index contributed by atoms with van der Waals surface area (Å²) in [6.07, 6.45) is 14.5. The Kier molecular flexibility index (Phi) is 6.51. The first kappa shape index (κ1) is 17.7. The van der Waals surface area contributed by atoms with Crippen LogP contribution in [0.2, 0.25) is 0 Å². The van der Waals surface area contributed by atoms with Crippen molar-refractivity contribution in [1.82, 2.24) is 0 Å². The topological polar surface area (TPSA) is 0 Å². The zero-order valence-corrected chi connectivity index (χ0v) is 16.8. The van der Waals surface area contributed by atoms with Crippen LogP contribution in [-0.4, -0.2) is 0 Å². The van der Waals surface area contributed by atoms with Crippen LogP contribution in [0.3, 0.4) is 0 Å². The zero-order valence-electron chi connectivity index (χ0n) is 13.7. The van der Waals surface area contributed by atoms with E-state index in [0.29, 0.717) is 0 Å². The van der Waals surface area contributed by atoms with Crippen LogP contribution in [0.4, 0.5) is 0 Å². The molecule has 1 aliphatic rings. The molecule has 0 aliphatic heterocycles. The lowest BCUT2D eigenvalue weighted by Gasteiger charge is -2.24. The highest BCUT2D eigenvalue weighted by Crippen LogP contribution is 2.31. The molecule has 2 aromatic rings. The highest BCUT2D eigenvalue weighted by molar-refractivity contribution is 9.10. The maximum absolute atomic E-state index is 3.48. The molecule has 0 unspecified atom stereocenters. The Bertz CT molecular complexity index is 624. The van der Waals surface area contributed by atoms with Crippen LogP contribution < -0.4 is 0 Å². The summed E-state index contributed by atoms with van der Waals surface area (Å²) in [6, 6.07) is 17.0. The Morgan fingerprint density at radius 3 is 1.25 bits per heavy atom. The predicted octanol–water partition coefficient (Wildman–Crippen LogP) is 7.74. The Morgan fingerprint density at radius 2 is 0.917 bits per heavy atom. The van der Waals surface area contributed by atoms with Crippen molar-refractivity contribution in [3.05, 3.63) is 80.8 Å². The lowest BCUT2D eigenvalue weighted by molar-refractivity contribution is 0.358. The molecule has 0 spiro atoms. The van der Waals surface area contributed by atoms with E-state index in [9.17, 15) is 0 Å². The van der Waals surface area contributed by atoms with E-state index in [1.165, 1.54) is 36.8 Å². The second-order valence-corrected chi connectivity index (χ2v) is 8.33. The molecule has 2 heteroatoms. The second kappa shape index (κ2) is 8.82. The van der Waals surface area contributed by atoms with Gasteiger partial charge in [-0.3, -0.25) is 0 Å². The lowest BCUT2D eigenvalue weighted by atomic mass is 9.81. The minimum absolute atomic E-state index is 0.728. The minimum Gasteiger partial charge on any atom is -0.0808 e. The monoisotopic (exact) mass is 444 g/mol. The van der Waals surface area contributed by atoms with Gasteiger partial charge in [0.15, 0.2) is 0 Å². The van der Waals surface area contributed by atoms with Gasteiger partial charge in [-0.2, -0.15) is 0 Å². The molecular formula is C22H22Br2. The van der Waals surface area contributed by atoms with E-state index in [4.69, 9.17) is 0 Å². The minimum atomic E-state index is 0.728. The maximum atomic E-state index is 3.48. The molecular weight excluding hydrogens is 424 g/mol. The van der Waals surface area contributed by atoms with Crippen molar-refractivity contribution in [3.63, 3.8) is 0 Å². The molecule has 0 aromatic heterocycles. The van der Waals surface area contributed by atoms with Crippen molar-refractivity contribution in [3.8, 4) is 0 Å². The molecule has 0 radical (unpaired) electrons. The first-order valence-electron chi connectivity index (χ1n) is 8.56. The fraction of sp³-hybridized carbons (Fsp3) is 0.273. The van der Waals surface area contributed by atoms with Crippen LogP contribution in [-0.2, 0) is 0 Å². The molecule has 0 atom stereocenters. The van der Waals surface area contributed by atoms with Crippen LogP contribution in [0, 0.1) is 11.8 Å². The zero-order chi connectivity index (χ0) is 16.8. The number of rotatable bonds is 4. The van der Waals surface area contributed by atoms with Gasteiger partial charge < -0.3 is 0 Å². The summed E-state index contributed by atoms with van der Waals surface area (Å²) in [5.41, 5.74) is 2.57. The number of benzene rings is 2. The normalized spacial score (nSPS) is 21.6. The Labute approximate surface area is 161 Å². The summed E-state index contributed by atoms with van der Waals surface area (Å²) in [7, 11) is 0. The summed E-state index contributed by atoms with van der Waals surface area (Å²) in [5.74, 6) is 1.46. The molecule has 0 amide bonds. The maximum Gasteiger partial charge on any atom is 0.0175 e. The molecule has 1 fully saturated rings. The van der Waals surface area contributed by atoms with Gasteiger partial charge in [0.25, 0.3) is 0 Å². The largest absolute Gasteiger partial charge is 0.0808 e. The van der Waals surface area contributed by atoms with Gasteiger partial charge in [-0.15, -0.1) is 0 Å². The van der Waals surface area contributed by atoms with Gasteiger partial charge in [0.05, 0.1) is 0 Å². The number of hydrogen-bond donors (Lipinski definition) is 0. The van der Waals surface area contributed by atoms with E-state index in [1.807, 2.05) is 0 Å². The third kappa shape index (κ3) is 5.46. The first-order chi connectivity index (χ1) is 11.7. The standard InChI is InChI=1S/C22H22Br2/c23-21-13-9-19(10-14-21)7-5-17-1-2-18(4-3-17)6-8-20-11-15-22(24)16-12-20/h5-18H,1-4H2/b7-5+,8-6+. The first-order valence-corrected chi connectivity index (χ1v) is 10.2. The molecule has 0 heterocycles. The molecule has 0 bridgehead atoms. The van der Waals surface area contributed by atoms with Gasteiger partial charge in [0.1, 0.15) is 0 Å². The van der Waals surface area contributed by atoms with E-state index in [1.54, 1.807) is 0 Å². The molecule has 24 heavy (non-hydrogen) atoms. The van der Waals surface area contributed by atoms with Crippen LogP contribution in [0.25, 0.3) is 12.2 Å². The van der Waals surface area contributed by atoms with Crippen molar-refractivity contribution in [2.24, 2.45) is 11.8 Å². The summed E-state index contributed by atoms with van der Waals surface area (Å²) in [4.78, 5) is 0. The van der Waals surface area contributed by atoms with Gasteiger partial charge in [0.2, 0.25) is 0 Å². The fourth-order valence-electron chi connectivity index (χ4n) is 3.17. The third-order valence-electron chi connectivity index (χ3n) is 4.68. The van der Waals surface area contributed by atoms with Gasteiger partial charge in [-0.25, -0.2) is 0 Å². The van der Waals surface area contributed by atoms with Crippen molar-refractivity contribution in [2.75, 3.05) is 0 Å². The van der Waals surface area contributed by atoms with E-state index < -0.39 is 0 Å². The van der Waals surface area contributed by atoms with E-state index in [2.05, 4.69) is 105 Å². The third-order valence-corrected chi connectivity index (χ3v) is 5.74. The SMILES string of the molecule is Brc1ccc(/C=C/C2CCC(/C=C/c3ccc(Br)cc3)CC2)cc1. The Hall–Kier alpha value is -1.12. The van der Waals surface area contributed by atoms with E-state index in [0.717, 1.165) is 20.8 Å². The average molecular weight is 446 g/mol. The molecule has 124 valence electrons. The van der Waals surface area contributed by atoms with Crippen LogP contribution >= 0.6 is 31.9 Å². The predicted molar refractivity (Wildman–Crippen MR) is 112 cm³/mol. The van der Waals surface area contributed by atoms with Crippen molar-refractivity contribution in [2.45, 2.75) is 25.7 Å². The molecule has 0 nitrogen and oxygen atoms in total. The molecule has 0 saturated heterocycles. The van der Waals surface area contributed by atoms with Crippen LogP contribution in [0.1, 0.15) is 36.8 Å². The smallest absolute Gasteiger partial charge is 0.0175 e. The molecule has 0 N–H and O–H groups in total. The highest BCUT2D eigenvalue weighted by atomic mass is 79.9. The summed E-state index contributed by atoms with van der Waals surface area (Å²) in [5, 5.41) is 0. The fourth-order valence-corrected chi connectivity index (χ4v) is 3.70. The van der Waals surface area contributed by atoms with Crippen molar-refractivity contribution < 1.29 is 0 Å². The number of halogens is 2. The molecule has 2 aromatic carbocycles. The highest BCUT2D eigenvalue weighted by Gasteiger charge is 2.17. The van der Waals surface area contributed by atoms with Gasteiger partial charge in [-0.1, -0.05) is 80.4 Å².